The normalized spacial score (nSPS) is 14.3. The van der Waals surface area contributed by atoms with Crippen molar-refractivity contribution in [3.8, 4) is 16.9 Å². The van der Waals surface area contributed by atoms with Crippen LogP contribution >= 0.6 is 0 Å². The number of aliphatic imine (C=N–C) groups is 1. The van der Waals surface area contributed by atoms with Gasteiger partial charge >= 0.3 is 0 Å². The van der Waals surface area contributed by atoms with Crippen molar-refractivity contribution in [2.45, 2.75) is 39.5 Å². The summed E-state index contributed by atoms with van der Waals surface area (Å²) in [6.07, 6.45) is 4.72. The highest BCUT2D eigenvalue weighted by Crippen LogP contribution is 2.30. The van der Waals surface area contributed by atoms with Crippen LogP contribution in [0.2, 0.25) is 0 Å². The SMILES string of the molecule is CCCN.COc1cc(-c2ccc(F)cc2)cc(C(N)=NCCCN2CCCC2)c1C. The maximum atomic E-state index is 13.2. The highest BCUT2D eigenvalue weighted by Gasteiger charge is 2.13. The third kappa shape index (κ3) is 7.64. The van der Waals surface area contributed by atoms with Crippen LogP contribution in [0.25, 0.3) is 11.1 Å². The molecule has 1 fully saturated rings. The summed E-state index contributed by atoms with van der Waals surface area (Å²) < 4.78 is 18.8. The molecule has 2 aromatic carbocycles. The van der Waals surface area contributed by atoms with E-state index in [1.807, 2.05) is 19.1 Å². The molecule has 0 unspecified atom stereocenters. The van der Waals surface area contributed by atoms with E-state index in [0.29, 0.717) is 12.4 Å². The van der Waals surface area contributed by atoms with Crippen LogP contribution < -0.4 is 16.2 Å². The van der Waals surface area contributed by atoms with E-state index in [-0.39, 0.29) is 5.82 Å². The molecule has 0 saturated carbocycles. The summed E-state index contributed by atoms with van der Waals surface area (Å²) in [5.74, 6) is 1.02. The molecule has 2 aromatic rings. The number of benzene rings is 2. The molecule has 0 aromatic heterocycles. The topological polar surface area (TPSA) is 76.9 Å². The van der Waals surface area contributed by atoms with E-state index in [2.05, 4.69) is 16.8 Å². The van der Waals surface area contributed by atoms with Crippen LogP contribution in [0, 0.1) is 12.7 Å². The first-order valence-corrected chi connectivity index (χ1v) is 11.2. The van der Waals surface area contributed by atoms with E-state index < -0.39 is 0 Å². The van der Waals surface area contributed by atoms with Crippen LogP contribution in [-0.4, -0.2) is 50.6 Å². The molecule has 5 nitrogen and oxygen atoms in total. The third-order valence-corrected chi connectivity index (χ3v) is 5.44. The zero-order valence-electron chi connectivity index (χ0n) is 19.2. The molecule has 1 aliphatic rings. The largest absolute Gasteiger partial charge is 0.496 e. The standard InChI is InChI=1S/C22H28FN3O.C3H9N/c1-16-20(22(24)25-10-5-13-26-11-3-4-12-26)14-18(15-21(16)27-2)17-6-8-19(23)9-7-17;1-2-3-4/h6-9,14-15H,3-5,10-13H2,1-2H3,(H2,24,25);2-4H2,1H3. The first-order chi connectivity index (χ1) is 15.0. The van der Waals surface area contributed by atoms with Gasteiger partial charge < -0.3 is 21.1 Å². The summed E-state index contributed by atoms with van der Waals surface area (Å²) in [5, 5.41) is 0. The lowest BCUT2D eigenvalue weighted by Crippen LogP contribution is -2.21. The van der Waals surface area contributed by atoms with E-state index in [1.54, 1.807) is 19.2 Å². The molecule has 0 atom stereocenters. The summed E-state index contributed by atoms with van der Waals surface area (Å²) in [5.41, 5.74) is 15.0. The number of ether oxygens (including phenoxy) is 1. The number of halogens is 1. The summed E-state index contributed by atoms with van der Waals surface area (Å²) in [6.45, 7) is 9.05. The van der Waals surface area contributed by atoms with Gasteiger partial charge in [-0.3, -0.25) is 4.99 Å². The fourth-order valence-electron chi connectivity index (χ4n) is 3.56. The minimum atomic E-state index is -0.253. The van der Waals surface area contributed by atoms with Crippen LogP contribution in [-0.2, 0) is 0 Å². The number of rotatable bonds is 8. The molecule has 1 heterocycles. The van der Waals surface area contributed by atoms with Crippen molar-refractivity contribution < 1.29 is 9.13 Å². The van der Waals surface area contributed by atoms with Gasteiger partial charge in [0, 0.05) is 17.7 Å². The minimum Gasteiger partial charge on any atom is -0.496 e. The van der Waals surface area contributed by atoms with Gasteiger partial charge in [0.1, 0.15) is 17.4 Å². The number of nitrogens with zero attached hydrogens (tertiary/aromatic N) is 2. The van der Waals surface area contributed by atoms with Crippen LogP contribution in [0.3, 0.4) is 0 Å². The van der Waals surface area contributed by atoms with Gasteiger partial charge in [-0.1, -0.05) is 19.1 Å². The second-order valence-electron chi connectivity index (χ2n) is 7.82. The molecular weight excluding hydrogens is 391 g/mol. The molecule has 3 rings (SSSR count). The van der Waals surface area contributed by atoms with Gasteiger partial charge in [-0.25, -0.2) is 4.39 Å². The summed E-state index contributed by atoms with van der Waals surface area (Å²) >= 11 is 0. The molecule has 1 saturated heterocycles. The molecule has 4 N–H and O–H groups in total. The van der Waals surface area contributed by atoms with E-state index in [4.69, 9.17) is 16.2 Å². The van der Waals surface area contributed by atoms with Crippen LogP contribution in [0.5, 0.6) is 5.75 Å². The Morgan fingerprint density at radius 1 is 1.13 bits per heavy atom. The number of likely N-dealkylation sites (tertiary alicyclic amines) is 1. The van der Waals surface area contributed by atoms with E-state index in [1.165, 1.54) is 38.1 Å². The van der Waals surface area contributed by atoms with Gasteiger partial charge in [0.05, 0.1) is 7.11 Å². The van der Waals surface area contributed by atoms with Crippen molar-refractivity contribution in [1.82, 2.24) is 4.90 Å². The zero-order chi connectivity index (χ0) is 22.6. The Balaban J connectivity index is 0.000000785. The lowest BCUT2D eigenvalue weighted by atomic mass is 9.98. The molecule has 0 aliphatic carbocycles. The summed E-state index contributed by atoms with van der Waals surface area (Å²) in [7, 11) is 1.64. The van der Waals surface area contributed by atoms with E-state index >= 15 is 0 Å². The Labute approximate surface area is 186 Å². The van der Waals surface area contributed by atoms with E-state index in [9.17, 15) is 4.39 Å². The molecule has 0 spiro atoms. The third-order valence-electron chi connectivity index (χ3n) is 5.44. The monoisotopic (exact) mass is 428 g/mol. The second-order valence-corrected chi connectivity index (χ2v) is 7.82. The highest BCUT2D eigenvalue weighted by atomic mass is 19.1. The maximum absolute atomic E-state index is 13.2. The Bertz CT molecular complexity index is 828. The van der Waals surface area contributed by atoms with Gasteiger partial charge in [-0.2, -0.15) is 0 Å². The first-order valence-electron chi connectivity index (χ1n) is 11.2. The van der Waals surface area contributed by atoms with Gasteiger partial charge in [-0.15, -0.1) is 0 Å². The number of amidine groups is 1. The Hall–Kier alpha value is -2.44. The Morgan fingerprint density at radius 2 is 1.77 bits per heavy atom. The Kier molecular flexibility index (Phi) is 10.5. The fourth-order valence-corrected chi connectivity index (χ4v) is 3.56. The average molecular weight is 429 g/mol. The smallest absolute Gasteiger partial charge is 0.126 e. The van der Waals surface area contributed by atoms with Crippen LogP contribution in [0.15, 0.2) is 41.4 Å². The number of nitrogens with two attached hydrogens (primary N) is 2. The average Bonchev–Trinajstić information content (AvgIpc) is 3.31. The number of hydrogen-bond donors (Lipinski definition) is 2. The zero-order valence-corrected chi connectivity index (χ0v) is 19.2. The predicted molar refractivity (Wildman–Crippen MR) is 128 cm³/mol. The summed E-state index contributed by atoms with van der Waals surface area (Å²) in [4.78, 5) is 7.07. The molecule has 0 bridgehead atoms. The van der Waals surface area contributed by atoms with E-state index in [0.717, 1.165) is 53.9 Å². The van der Waals surface area contributed by atoms with Gasteiger partial charge in [0.25, 0.3) is 0 Å². The predicted octanol–water partition coefficient (Wildman–Crippen LogP) is 4.36. The number of hydrogen-bond acceptors (Lipinski definition) is 4. The van der Waals surface area contributed by atoms with Gasteiger partial charge in [0.15, 0.2) is 0 Å². The highest BCUT2D eigenvalue weighted by molar-refractivity contribution is 6.00. The van der Waals surface area contributed by atoms with Gasteiger partial charge in [0.2, 0.25) is 0 Å². The Morgan fingerprint density at radius 3 is 2.35 bits per heavy atom. The number of methoxy groups -OCH3 is 1. The quantitative estimate of drug-likeness (QED) is 0.372. The molecule has 0 amide bonds. The lowest BCUT2D eigenvalue weighted by molar-refractivity contribution is 0.336. The van der Waals surface area contributed by atoms with Crippen molar-refractivity contribution >= 4 is 5.84 Å². The molecule has 0 radical (unpaired) electrons. The van der Waals surface area contributed by atoms with Crippen molar-refractivity contribution in [3.05, 3.63) is 53.3 Å². The van der Waals surface area contributed by atoms with Crippen molar-refractivity contribution in [1.29, 1.82) is 0 Å². The first kappa shape index (κ1) is 24.8. The lowest BCUT2D eigenvalue weighted by Gasteiger charge is -2.15. The van der Waals surface area contributed by atoms with Crippen molar-refractivity contribution in [3.63, 3.8) is 0 Å². The molecular formula is C25H37FN4O. The fraction of sp³-hybridized carbons (Fsp3) is 0.480. The molecule has 170 valence electrons. The van der Waals surface area contributed by atoms with Gasteiger partial charge in [-0.05, 0) is 94.2 Å². The molecule has 6 heteroatoms. The minimum absolute atomic E-state index is 0.253. The van der Waals surface area contributed by atoms with Crippen LogP contribution in [0.4, 0.5) is 4.39 Å². The van der Waals surface area contributed by atoms with Crippen LogP contribution in [0.1, 0.15) is 43.7 Å². The van der Waals surface area contributed by atoms with Crippen molar-refractivity contribution in [2.75, 3.05) is 39.8 Å². The maximum Gasteiger partial charge on any atom is 0.126 e. The molecule has 1 aliphatic heterocycles. The van der Waals surface area contributed by atoms with Crippen molar-refractivity contribution in [2.24, 2.45) is 16.5 Å². The second kappa shape index (κ2) is 13.1. The molecule has 31 heavy (non-hydrogen) atoms. The summed E-state index contributed by atoms with van der Waals surface area (Å²) in [6, 6.07) is 10.4.